The number of anilines is 1. The molecule has 0 saturated heterocycles. The van der Waals surface area contributed by atoms with E-state index in [1.165, 1.54) is 25.2 Å². The SMILES string of the molecule is CC(C#N)(COc1cc(F)c(F)cc1Br)NC1(OC(F)(F)F)C=CC(c2ccc(N)cc2)=CC1. The van der Waals surface area contributed by atoms with Gasteiger partial charge in [0.1, 0.15) is 17.9 Å². The Morgan fingerprint density at radius 2 is 1.82 bits per heavy atom. The van der Waals surface area contributed by atoms with E-state index < -0.39 is 35.9 Å². The molecule has 0 radical (unpaired) electrons. The average molecular weight is 544 g/mol. The van der Waals surface area contributed by atoms with Gasteiger partial charge in [0.25, 0.3) is 0 Å². The summed E-state index contributed by atoms with van der Waals surface area (Å²) in [7, 11) is 0. The molecule has 2 atom stereocenters. The maximum Gasteiger partial charge on any atom is 0.524 e. The molecule has 0 amide bonds. The van der Waals surface area contributed by atoms with Gasteiger partial charge in [-0.2, -0.15) is 5.26 Å². The van der Waals surface area contributed by atoms with Gasteiger partial charge in [-0.05, 0) is 58.3 Å². The van der Waals surface area contributed by atoms with Crippen molar-refractivity contribution in [2.45, 2.75) is 31.0 Å². The normalized spacial score (nSPS) is 19.8. The molecule has 180 valence electrons. The summed E-state index contributed by atoms with van der Waals surface area (Å²) in [5.74, 6) is -2.43. The first-order chi connectivity index (χ1) is 15.8. The maximum absolute atomic E-state index is 13.6. The van der Waals surface area contributed by atoms with E-state index in [2.05, 4.69) is 26.0 Å². The number of rotatable bonds is 7. The minimum absolute atomic E-state index is 0.0709. The molecule has 2 unspecified atom stereocenters. The number of nitrogens with two attached hydrogens (primary N) is 1. The first-order valence-corrected chi connectivity index (χ1v) is 10.6. The number of nitrogen functional groups attached to an aromatic ring is 1. The molecule has 1 aliphatic rings. The minimum Gasteiger partial charge on any atom is -0.489 e. The largest absolute Gasteiger partial charge is 0.524 e. The summed E-state index contributed by atoms with van der Waals surface area (Å²) < 4.78 is 76.6. The van der Waals surface area contributed by atoms with Crippen LogP contribution in [0.2, 0.25) is 0 Å². The van der Waals surface area contributed by atoms with Gasteiger partial charge in [-0.3, -0.25) is 10.1 Å². The van der Waals surface area contributed by atoms with Crippen molar-refractivity contribution in [1.29, 1.82) is 5.26 Å². The molecule has 2 aromatic rings. The summed E-state index contributed by atoms with van der Waals surface area (Å²) in [5.41, 5.74) is 3.76. The van der Waals surface area contributed by atoms with Crippen molar-refractivity contribution in [3.8, 4) is 11.8 Å². The van der Waals surface area contributed by atoms with Gasteiger partial charge in [-0.15, -0.1) is 13.2 Å². The highest BCUT2D eigenvalue weighted by Crippen LogP contribution is 2.35. The molecule has 34 heavy (non-hydrogen) atoms. The highest BCUT2D eigenvalue weighted by molar-refractivity contribution is 9.10. The Bertz CT molecular complexity index is 1160. The zero-order valence-electron chi connectivity index (χ0n) is 17.7. The van der Waals surface area contributed by atoms with Gasteiger partial charge < -0.3 is 10.5 Å². The van der Waals surface area contributed by atoms with E-state index in [0.29, 0.717) is 11.3 Å². The van der Waals surface area contributed by atoms with Crippen molar-refractivity contribution >= 4 is 27.2 Å². The van der Waals surface area contributed by atoms with Crippen LogP contribution < -0.4 is 15.8 Å². The first kappa shape index (κ1) is 25.7. The van der Waals surface area contributed by atoms with E-state index in [9.17, 15) is 27.2 Å². The Kier molecular flexibility index (Phi) is 7.35. The molecule has 0 aliphatic heterocycles. The van der Waals surface area contributed by atoms with Crippen LogP contribution in [-0.4, -0.2) is 24.2 Å². The van der Waals surface area contributed by atoms with E-state index >= 15 is 0 Å². The molecule has 0 saturated carbocycles. The summed E-state index contributed by atoms with van der Waals surface area (Å²) in [6, 6.07) is 10.2. The zero-order chi connectivity index (χ0) is 25.1. The number of halogens is 6. The molecule has 2 aromatic carbocycles. The Labute approximate surface area is 200 Å². The predicted octanol–water partition coefficient (Wildman–Crippen LogP) is 5.84. The molecule has 0 heterocycles. The lowest BCUT2D eigenvalue weighted by atomic mass is 9.92. The summed E-state index contributed by atoms with van der Waals surface area (Å²) in [5, 5.41) is 12.3. The lowest BCUT2D eigenvalue weighted by Gasteiger charge is -2.39. The molecule has 0 bridgehead atoms. The fourth-order valence-corrected chi connectivity index (χ4v) is 3.74. The smallest absolute Gasteiger partial charge is 0.489 e. The Balaban J connectivity index is 1.83. The quantitative estimate of drug-likeness (QED) is 0.198. The van der Waals surface area contributed by atoms with Crippen molar-refractivity contribution in [3.63, 3.8) is 0 Å². The average Bonchev–Trinajstić information content (AvgIpc) is 2.75. The number of allylic oxidation sites excluding steroid dienone is 2. The molecule has 0 aromatic heterocycles. The second-order valence-electron chi connectivity index (χ2n) is 7.81. The molecular weight excluding hydrogens is 525 g/mol. The number of benzene rings is 2. The van der Waals surface area contributed by atoms with Crippen LogP contribution in [-0.2, 0) is 4.74 Å². The van der Waals surface area contributed by atoms with Gasteiger partial charge in [-0.25, -0.2) is 8.78 Å². The van der Waals surface area contributed by atoms with Crippen molar-refractivity contribution in [3.05, 3.63) is 76.3 Å². The van der Waals surface area contributed by atoms with E-state index in [-0.39, 0.29) is 16.6 Å². The van der Waals surface area contributed by atoms with Gasteiger partial charge in [0.2, 0.25) is 0 Å². The van der Waals surface area contributed by atoms with Gasteiger partial charge in [0, 0.05) is 18.2 Å². The number of nitrogens with one attached hydrogen (secondary N) is 1. The second-order valence-corrected chi connectivity index (χ2v) is 8.66. The van der Waals surface area contributed by atoms with Crippen LogP contribution >= 0.6 is 15.9 Å². The molecule has 5 nitrogen and oxygen atoms in total. The van der Waals surface area contributed by atoms with Crippen LogP contribution in [0.25, 0.3) is 5.57 Å². The predicted molar refractivity (Wildman–Crippen MR) is 119 cm³/mol. The summed E-state index contributed by atoms with van der Waals surface area (Å²) in [6.45, 7) is 0.799. The third-order valence-corrected chi connectivity index (χ3v) is 5.54. The van der Waals surface area contributed by atoms with Crippen molar-refractivity contribution in [2.75, 3.05) is 12.3 Å². The fraction of sp³-hybridized carbons (Fsp3) is 0.261. The Hall–Kier alpha value is -2.94. The number of nitrogens with zero attached hydrogens (tertiary/aromatic N) is 1. The molecule has 0 spiro atoms. The molecule has 11 heteroatoms. The van der Waals surface area contributed by atoms with Crippen LogP contribution in [0.5, 0.6) is 5.75 Å². The molecule has 3 rings (SSSR count). The Morgan fingerprint density at radius 3 is 2.38 bits per heavy atom. The van der Waals surface area contributed by atoms with Crippen LogP contribution in [0.15, 0.2) is 59.1 Å². The van der Waals surface area contributed by atoms with Gasteiger partial charge >= 0.3 is 6.36 Å². The third kappa shape index (κ3) is 6.34. The number of alkyl halides is 3. The van der Waals surface area contributed by atoms with Crippen LogP contribution in [0.4, 0.5) is 27.6 Å². The highest BCUT2D eigenvalue weighted by atomic mass is 79.9. The Morgan fingerprint density at radius 1 is 1.18 bits per heavy atom. The van der Waals surface area contributed by atoms with Gasteiger partial charge in [0.15, 0.2) is 17.4 Å². The highest BCUT2D eigenvalue weighted by Gasteiger charge is 2.46. The minimum atomic E-state index is -5.02. The standard InChI is InChI=1S/C23H19BrF5N3O2/c1-21(12-30,13-33-20-11-19(26)18(25)10-17(20)24)32-22(34-23(27,28)29)8-6-15(7-9-22)14-2-4-16(31)5-3-14/h2-8,10-11,32H,9,13,31H2,1H3. The summed E-state index contributed by atoms with van der Waals surface area (Å²) in [4.78, 5) is 0. The molecular formula is C23H19BrF5N3O2. The number of ether oxygens (including phenoxy) is 2. The first-order valence-electron chi connectivity index (χ1n) is 9.84. The third-order valence-electron chi connectivity index (χ3n) is 4.92. The lowest BCUT2D eigenvalue weighted by Crippen LogP contribution is -2.60. The summed E-state index contributed by atoms with van der Waals surface area (Å²) >= 11 is 3.02. The van der Waals surface area contributed by atoms with Crippen molar-refractivity contribution in [2.24, 2.45) is 0 Å². The van der Waals surface area contributed by atoms with E-state index in [4.69, 9.17) is 10.5 Å². The summed E-state index contributed by atoms with van der Waals surface area (Å²) in [6.07, 6.45) is -1.14. The van der Waals surface area contributed by atoms with Crippen molar-refractivity contribution < 1.29 is 31.4 Å². The lowest BCUT2D eigenvalue weighted by molar-refractivity contribution is -0.364. The van der Waals surface area contributed by atoms with Crippen LogP contribution in [0, 0.1) is 23.0 Å². The van der Waals surface area contributed by atoms with E-state index in [1.807, 2.05) is 6.07 Å². The number of nitriles is 1. The van der Waals surface area contributed by atoms with Gasteiger partial charge in [-0.1, -0.05) is 24.3 Å². The number of hydrogen-bond acceptors (Lipinski definition) is 5. The fourth-order valence-electron chi connectivity index (χ4n) is 3.31. The zero-order valence-corrected chi connectivity index (χ0v) is 19.3. The van der Waals surface area contributed by atoms with Crippen molar-refractivity contribution in [1.82, 2.24) is 5.32 Å². The second kappa shape index (κ2) is 9.74. The van der Waals surface area contributed by atoms with E-state index in [1.54, 1.807) is 24.3 Å². The molecule has 0 fully saturated rings. The topological polar surface area (TPSA) is 80.3 Å². The molecule has 1 aliphatic carbocycles. The van der Waals surface area contributed by atoms with Crippen LogP contribution in [0.1, 0.15) is 18.9 Å². The monoisotopic (exact) mass is 543 g/mol. The van der Waals surface area contributed by atoms with E-state index in [0.717, 1.165) is 17.7 Å². The van der Waals surface area contributed by atoms with Crippen LogP contribution in [0.3, 0.4) is 0 Å². The number of hydrogen-bond donors (Lipinski definition) is 2. The molecule has 3 N–H and O–H groups in total. The maximum atomic E-state index is 13.6. The van der Waals surface area contributed by atoms with Gasteiger partial charge in [0.05, 0.1) is 10.5 Å².